The minimum absolute atomic E-state index is 0.466. The number of hydrogen-bond donors (Lipinski definition) is 2. The van der Waals surface area contributed by atoms with Crippen molar-refractivity contribution in [3.63, 3.8) is 0 Å². The Hall–Kier alpha value is -0.650. The molecule has 5 heteroatoms. The molecular weight excluding hydrogens is 284 g/mol. The summed E-state index contributed by atoms with van der Waals surface area (Å²) in [5, 5.41) is 0. The Morgan fingerprint density at radius 3 is 1.48 bits per heavy atom. The molecule has 0 fully saturated rings. The first-order chi connectivity index (χ1) is 9.54. The predicted molar refractivity (Wildman–Crippen MR) is 91.4 cm³/mol. The van der Waals surface area contributed by atoms with Gasteiger partial charge in [0.1, 0.15) is 0 Å². The monoisotopic (exact) mass is 316 g/mol. The Bertz CT molecular complexity index is 392. The Morgan fingerprint density at radius 2 is 1.19 bits per heavy atom. The van der Waals surface area contributed by atoms with Gasteiger partial charge in [0.05, 0.1) is 0 Å². The van der Waals surface area contributed by atoms with Crippen LogP contribution in [-0.4, -0.2) is 19.5 Å². The molecule has 0 bridgehead atoms. The lowest BCUT2D eigenvalue weighted by Gasteiger charge is -2.31. The Morgan fingerprint density at radius 1 is 0.857 bits per heavy atom. The van der Waals surface area contributed by atoms with Gasteiger partial charge in [-0.25, -0.2) is 0 Å². The van der Waals surface area contributed by atoms with Crippen molar-refractivity contribution in [2.24, 2.45) is 0 Å². The third kappa shape index (κ3) is 10.7. The van der Waals surface area contributed by atoms with Crippen molar-refractivity contribution in [3.8, 4) is 0 Å². The van der Waals surface area contributed by atoms with Crippen molar-refractivity contribution >= 4 is 10.2 Å². The standard InChI is InChI=1S/C16H32N2O2S/c1-7-9-11-13-15(3,4)17-21(19,20)18-16(5,6)14-12-10-8-2/h7-8,17-18H,1-2,9-14H2,3-6H3. The smallest absolute Gasteiger partial charge is 0.197 e. The number of unbranched alkanes of at least 4 members (excludes halogenated alkanes) is 2. The SMILES string of the molecule is C=CCCCC(C)(C)NS(=O)(=O)NC(C)(C)CCCC=C. The molecule has 0 aliphatic rings. The summed E-state index contributed by atoms with van der Waals surface area (Å²) >= 11 is 0. The maximum Gasteiger partial charge on any atom is 0.277 e. The fraction of sp³-hybridized carbons (Fsp3) is 0.750. The molecule has 0 spiro atoms. The van der Waals surface area contributed by atoms with E-state index in [9.17, 15) is 8.42 Å². The van der Waals surface area contributed by atoms with E-state index in [1.54, 1.807) is 0 Å². The molecule has 0 saturated heterocycles. The van der Waals surface area contributed by atoms with Gasteiger partial charge in [-0.2, -0.15) is 17.9 Å². The normalized spacial score (nSPS) is 13.1. The van der Waals surface area contributed by atoms with Crippen molar-refractivity contribution in [1.29, 1.82) is 0 Å². The van der Waals surface area contributed by atoms with Crippen molar-refractivity contribution in [1.82, 2.24) is 9.44 Å². The molecule has 0 atom stereocenters. The summed E-state index contributed by atoms with van der Waals surface area (Å²) in [5.74, 6) is 0. The van der Waals surface area contributed by atoms with Crippen molar-refractivity contribution in [2.75, 3.05) is 0 Å². The maximum atomic E-state index is 12.3. The van der Waals surface area contributed by atoms with Crippen LogP contribution in [0.1, 0.15) is 66.2 Å². The summed E-state index contributed by atoms with van der Waals surface area (Å²) < 4.78 is 30.0. The first-order valence-electron chi connectivity index (χ1n) is 7.58. The highest BCUT2D eigenvalue weighted by Crippen LogP contribution is 2.17. The molecule has 0 amide bonds. The molecule has 0 unspecified atom stereocenters. The number of rotatable bonds is 12. The van der Waals surface area contributed by atoms with Gasteiger partial charge in [-0.3, -0.25) is 0 Å². The average Bonchev–Trinajstić information content (AvgIpc) is 2.25. The van der Waals surface area contributed by atoms with Crippen LogP contribution in [0.25, 0.3) is 0 Å². The fourth-order valence-corrected chi connectivity index (χ4v) is 3.94. The third-order valence-corrected chi connectivity index (χ3v) is 4.88. The van der Waals surface area contributed by atoms with Gasteiger partial charge >= 0.3 is 0 Å². The van der Waals surface area contributed by atoms with Crippen LogP contribution in [0.4, 0.5) is 0 Å². The minimum Gasteiger partial charge on any atom is -0.197 e. The van der Waals surface area contributed by atoms with E-state index in [0.717, 1.165) is 38.5 Å². The van der Waals surface area contributed by atoms with Gasteiger partial charge in [0.15, 0.2) is 0 Å². The second-order valence-electron chi connectivity index (χ2n) is 6.84. The van der Waals surface area contributed by atoms with E-state index in [1.165, 1.54) is 0 Å². The van der Waals surface area contributed by atoms with Gasteiger partial charge in [-0.1, -0.05) is 12.2 Å². The Kier molecular flexibility index (Phi) is 8.44. The molecule has 0 aliphatic heterocycles. The molecular formula is C16H32N2O2S. The van der Waals surface area contributed by atoms with Crippen LogP contribution in [0.15, 0.2) is 25.3 Å². The number of nitrogens with one attached hydrogen (secondary N) is 2. The third-order valence-electron chi connectivity index (χ3n) is 3.24. The molecule has 0 heterocycles. The summed E-state index contributed by atoms with van der Waals surface area (Å²) in [7, 11) is -3.52. The quantitative estimate of drug-likeness (QED) is 0.426. The average molecular weight is 317 g/mol. The van der Waals surface area contributed by atoms with Crippen molar-refractivity contribution < 1.29 is 8.42 Å². The van der Waals surface area contributed by atoms with Crippen LogP contribution in [0, 0.1) is 0 Å². The highest BCUT2D eigenvalue weighted by Gasteiger charge is 2.29. The second kappa shape index (κ2) is 8.71. The van der Waals surface area contributed by atoms with Crippen LogP contribution in [-0.2, 0) is 10.2 Å². The summed E-state index contributed by atoms with van der Waals surface area (Å²) in [6.07, 6.45) is 8.88. The zero-order valence-corrected chi connectivity index (χ0v) is 14.9. The molecule has 0 rings (SSSR count). The van der Waals surface area contributed by atoms with Crippen molar-refractivity contribution in [2.45, 2.75) is 77.3 Å². The van der Waals surface area contributed by atoms with E-state index in [4.69, 9.17) is 0 Å². The van der Waals surface area contributed by atoms with Crippen LogP contribution in [0.3, 0.4) is 0 Å². The molecule has 21 heavy (non-hydrogen) atoms. The number of hydrogen-bond acceptors (Lipinski definition) is 2. The largest absolute Gasteiger partial charge is 0.277 e. The van der Waals surface area contributed by atoms with E-state index >= 15 is 0 Å². The molecule has 0 aromatic rings. The zero-order chi connectivity index (χ0) is 16.6. The van der Waals surface area contributed by atoms with Crippen LogP contribution in [0.2, 0.25) is 0 Å². The summed E-state index contributed by atoms with van der Waals surface area (Å²) in [4.78, 5) is 0. The van der Waals surface area contributed by atoms with E-state index in [-0.39, 0.29) is 0 Å². The van der Waals surface area contributed by atoms with E-state index < -0.39 is 21.3 Å². The lowest BCUT2D eigenvalue weighted by atomic mass is 9.99. The highest BCUT2D eigenvalue weighted by atomic mass is 32.2. The summed E-state index contributed by atoms with van der Waals surface area (Å²) in [5.41, 5.74) is -0.932. The number of allylic oxidation sites excluding steroid dienone is 2. The highest BCUT2D eigenvalue weighted by molar-refractivity contribution is 7.87. The molecule has 0 aromatic heterocycles. The first-order valence-corrected chi connectivity index (χ1v) is 9.06. The minimum atomic E-state index is -3.52. The Balaban J connectivity index is 4.52. The second-order valence-corrected chi connectivity index (χ2v) is 8.25. The lowest BCUT2D eigenvalue weighted by Crippen LogP contribution is -2.54. The molecule has 4 nitrogen and oxygen atoms in total. The van der Waals surface area contributed by atoms with Crippen LogP contribution >= 0.6 is 0 Å². The Labute approximate surface area is 131 Å². The van der Waals surface area contributed by atoms with Crippen molar-refractivity contribution in [3.05, 3.63) is 25.3 Å². The van der Waals surface area contributed by atoms with Gasteiger partial charge in [0, 0.05) is 11.1 Å². The summed E-state index contributed by atoms with van der Waals surface area (Å²) in [6.45, 7) is 15.0. The fourth-order valence-electron chi connectivity index (χ4n) is 2.23. The molecule has 0 radical (unpaired) electrons. The lowest BCUT2D eigenvalue weighted by molar-refractivity contribution is 0.380. The molecule has 0 saturated carbocycles. The molecule has 0 aromatic carbocycles. The van der Waals surface area contributed by atoms with E-state index in [0.29, 0.717) is 0 Å². The maximum absolute atomic E-state index is 12.3. The molecule has 124 valence electrons. The van der Waals surface area contributed by atoms with Gasteiger partial charge < -0.3 is 0 Å². The molecule has 2 N–H and O–H groups in total. The van der Waals surface area contributed by atoms with Gasteiger partial charge in [0.2, 0.25) is 0 Å². The predicted octanol–water partition coefficient (Wildman–Crippen LogP) is 3.68. The van der Waals surface area contributed by atoms with Gasteiger partial charge in [-0.15, -0.1) is 13.2 Å². The molecule has 0 aliphatic carbocycles. The van der Waals surface area contributed by atoms with E-state index in [1.807, 2.05) is 39.8 Å². The zero-order valence-electron chi connectivity index (χ0n) is 14.0. The van der Waals surface area contributed by atoms with Crippen LogP contribution < -0.4 is 9.44 Å². The topological polar surface area (TPSA) is 58.2 Å². The summed E-state index contributed by atoms with van der Waals surface area (Å²) in [6, 6.07) is 0. The van der Waals surface area contributed by atoms with E-state index in [2.05, 4.69) is 22.6 Å². The first kappa shape index (κ1) is 20.3. The van der Waals surface area contributed by atoms with Gasteiger partial charge in [-0.05, 0) is 66.2 Å². The van der Waals surface area contributed by atoms with Gasteiger partial charge in [0.25, 0.3) is 10.2 Å². The van der Waals surface area contributed by atoms with Crippen LogP contribution in [0.5, 0.6) is 0 Å².